The summed E-state index contributed by atoms with van der Waals surface area (Å²) in [5.41, 5.74) is 2.30. The Kier molecular flexibility index (Phi) is 8.84. The van der Waals surface area contributed by atoms with Gasteiger partial charge in [-0.2, -0.15) is 0 Å². The van der Waals surface area contributed by atoms with Crippen LogP contribution in [0.5, 0.6) is 11.5 Å². The monoisotopic (exact) mass is 508 g/mol. The lowest BCUT2D eigenvalue weighted by atomic mass is 9.94. The molecule has 1 amide bonds. The smallest absolute Gasteiger partial charge is 0.295 e. The van der Waals surface area contributed by atoms with Crippen LogP contribution in [0.1, 0.15) is 42.5 Å². The average Bonchev–Trinajstić information content (AvgIpc) is 3.17. The lowest BCUT2D eigenvalue weighted by Gasteiger charge is -2.29. The van der Waals surface area contributed by atoms with Crippen molar-refractivity contribution in [1.82, 2.24) is 9.80 Å². The first-order valence-corrected chi connectivity index (χ1v) is 12.9. The van der Waals surface area contributed by atoms with Crippen molar-refractivity contribution in [3.05, 3.63) is 64.7 Å². The standard InChI is InChI=1S/C29H36N2O6/c1-4-16-37-23-11-10-22(19-24(23)35-3)26-25(27(32)21-8-6-20(2)7-9-21)28(33)29(34)31(26)13-5-12-30-14-17-36-18-15-30/h6-11,19,26,32H,4-5,12-18H2,1-3H3/t26-/m1/s1. The van der Waals surface area contributed by atoms with Gasteiger partial charge in [0.25, 0.3) is 11.7 Å². The number of ketones is 1. The molecule has 0 aliphatic carbocycles. The molecular weight excluding hydrogens is 472 g/mol. The number of aliphatic hydroxyl groups is 1. The van der Waals surface area contributed by atoms with E-state index in [0.717, 1.165) is 31.6 Å². The molecule has 0 radical (unpaired) electrons. The highest BCUT2D eigenvalue weighted by molar-refractivity contribution is 6.46. The second-order valence-corrected chi connectivity index (χ2v) is 9.42. The summed E-state index contributed by atoms with van der Waals surface area (Å²) >= 11 is 0. The van der Waals surface area contributed by atoms with Gasteiger partial charge in [-0.3, -0.25) is 14.5 Å². The van der Waals surface area contributed by atoms with E-state index >= 15 is 0 Å². The summed E-state index contributed by atoms with van der Waals surface area (Å²) in [6.45, 7) is 8.81. The van der Waals surface area contributed by atoms with Crippen LogP contribution in [-0.4, -0.2) is 79.7 Å². The Morgan fingerprint density at radius 2 is 1.78 bits per heavy atom. The fourth-order valence-electron chi connectivity index (χ4n) is 4.80. The van der Waals surface area contributed by atoms with Crippen LogP contribution >= 0.6 is 0 Å². The highest BCUT2D eigenvalue weighted by atomic mass is 16.5. The third-order valence-electron chi connectivity index (χ3n) is 6.81. The van der Waals surface area contributed by atoms with E-state index in [2.05, 4.69) is 4.90 Å². The maximum Gasteiger partial charge on any atom is 0.295 e. The van der Waals surface area contributed by atoms with Crippen molar-refractivity contribution in [2.45, 2.75) is 32.7 Å². The van der Waals surface area contributed by atoms with E-state index in [1.54, 1.807) is 36.3 Å². The lowest BCUT2D eigenvalue weighted by molar-refractivity contribution is -0.140. The van der Waals surface area contributed by atoms with Crippen LogP contribution in [-0.2, 0) is 14.3 Å². The first kappa shape index (κ1) is 26.7. The molecule has 2 aromatic carbocycles. The number of hydrogen-bond acceptors (Lipinski definition) is 7. The summed E-state index contributed by atoms with van der Waals surface area (Å²) in [7, 11) is 1.56. The molecule has 2 fully saturated rings. The topological polar surface area (TPSA) is 88.5 Å². The molecule has 0 spiro atoms. The molecule has 2 aliphatic rings. The number of Topliss-reactive ketones (excluding diaryl/α,β-unsaturated/α-hetero) is 1. The van der Waals surface area contributed by atoms with E-state index in [9.17, 15) is 14.7 Å². The van der Waals surface area contributed by atoms with E-state index in [4.69, 9.17) is 14.2 Å². The van der Waals surface area contributed by atoms with Gasteiger partial charge in [-0.15, -0.1) is 0 Å². The van der Waals surface area contributed by atoms with E-state index in [0.29, 0.717) is 55.4 Å². The van der Waals surface area contributed by atoms with Gasteiger partial charge in [-0.25, -0.2) is 0 Å². The highest BCUT2D eigenvalue weighted by Crippen LogP contribution is 2.42. The van der Waals surface area contributed by atoms with Crippen molar-refractivity contribution in [1.29, 1.82) is 0 Å². The molecule has 8 heteroatoms. The van der Waals surface area contributed by atoms with Crippen LogP contribution in [0.4, 0.5) is 0 Å². The molecule has 2 saturated heterocycles. The van der Waals surface area contributed by atoms with Gasteiger partial charge in [-0.1, -0.05) is 42.8 Å². The summed E-state index contributed by atoms with van der Waals surface area (Å²) in [4.78, 5) is 30.5. The maximum absolute atomic E-state index is 13.3. The first-order valence-electron chi connectivity index (χ1n) is 12.9. The Morgan fingerprint density at radius 1 is 1.05 bits per heavy atom. The van der Waals surface area contributed by atoms with Crippen molar-refractivity contribution in [2.24, 2.45) is 0 Å². The lowest BCUT2D eigenvalue weighted by Crippen LogP contribution is -2.39. The first-order chi connectivity index (χ1) is 17.9. The minimum absolute atomic E-state index is 0.0875. The normalized spacial score (nSPS) is 19.9. The Morgan fingerprint density at radius 3 is 2.46 bits per heavy atom. The van der Waals surface area contributed by atoms with Crippen LogP contribution in [0.3, 0.4) is 0 Å². The predicted octanol–water partition coefficient (Wildman–Crippen LogP) is 3.94. The quantitative estimate of drug-likeness (QED) is 0.295. The summed E-state index contributed by atoms with van der Waals surface area (Å²) in [6.07, 6.45) is 1.55. The van der Waals surface area contributed by atoms with Crippen molar-refractivity contribution in [2.75, 3.05) is 53.1 Å². The number of amides is 1. The Labute approximate surface area is 218 Å². The van der Waals surface area contributed by atoms with Gasteiger partial charge in [0.2, 0.25) is 0 Å². The number of carbonyl (C=O) groups excluding carboxylic acids is 2. The van der Waals surface area contributed by atoms with Gasteiger partial charge in [-0.05, 0) is 37.5 Å². The van der Waals surface area contributed by atoms with E-state index in [-0.39, 0.29) is 11.3 Å². The number of likely N-dealkylation sites (tertiary alicyclic amines) is 1. The van der Waals surface area contributed by atoms with Crippen molar-refractivity contribution in [3.63, 3.8) is 0 Å². The zero-order valence-corrected chi connectivity index (χ0v) is 21.9. The number of rotatable bonds is 10. The molecule has 37 heavy (non-hydrogen) atoms. The van der Waals surface area contributed by atoms with Gasteiger partial charge in [0, 0.05) is 31.7 Å². The highest BCUT2D eigenvalue weighted by Gasteiger charge is 2.46. The minimum atomic E-state index is -0.736. The summed E-state index contributed by atoms with van der Waals surface area (Å²) in [5.74, 6) is -0.356. The van der Waals surface area contributed by atoms with Crippen LogP contribution in [0.25, 0.3) is 5.76 Å². The Bertz CT molecular complexity index is 1140. The predicted molar refractivity (Wildman–Crippen MR) is 141 cm³/mol. The fourth-order valence-corrected chi connectivity index (χ4v) is 4.80. The van der Waals surface area contributed by atoms with Crippen LogP contribution in [0, 0.1) is 6.92 Å². The molecule has 2 heterocycles. The summed E-state index contributed by atoms with van der Waals surface area (Å²) in [6, 6.07) is 11.9. The van der Waals surface area contributed by atoms with Crippen LogP contribution in [0.15, 0.2) is 48.0 Å². The van der Waals surface area contributed by atoms with E-state index < -0.39 is 17.7 Å². The molecule has 198 valence electrons. The van der Waals surface area contributed by atoms with Crippen LogP contribution < -0.4 is 9.47 Å². The fraction of sp³-hybridized carbons (Fsp3) is 0.448. The molecule has 8 nitrogen and oxygen atoms in total. The molecule has 4 rings (SSSR count). The van der Waals surface area contributed by atoms with Gasteiger partial charge < -0.3 is 24.2 Å². The number of benzene rings is 2. The van der Waals surface area contributed by atoms with Crippen LogP contribution in [0.2, 0.25) is 0 Å². The SMILES string of the molecule is CCCOc1ccc([C@@H]2C(=C(O)c3ccc(C)cc3)C(=O)C(=O)N2CCCN2CCOCC2)cc1OC. The second-order valence-electron chi connectivity index (χ2n) is 9.42. The number of aryl methyl sites for hydroxylation is 1. The second kappa shape index (κ2) is 12.3. The number of methoxy groups -OCH3 is 1. The summed E-state index contributed by atoms with van der Waals surface area (Å²) in [5, 5.41) is 11.3. The Balaban J connectivity index is 1.70. The Hall–Kier alpha value is -3.36. The molecule has 0 aromatic heterocycles. The zero-order valence-electron chi connectivity index (χ0n) is 21.9. The summed E-state index contributed by atoms with van der Waals surface area (Å²) < 4.78 is 16.8. The third kappa shape index (κ3) is 5.97. The molecule has 2 aliphatic heterocycles. The van der Waals surface area contributed by atoms with Gasteiger partial charge in [0.15, 0.2) is 11.5 Å². The van der Waals surface area contributed by atoms with Gasteiger partial charge in [0.05, 0.1) is 38.5 Å². The van der Waals surface area contributed by atoms with Gasteiger partial charge in [0.1, 0.15) is 5.76 Å². The largest absolute Gasteiger partial charge is 0.507 e. The van der Waals surface area contributed by atoms with E-state index in [1.165, 1.54) is 0 Å². The molecule has 1 atom stereocenters. The number of hydrogen-bond donors (Lipinski definition) is 1. The van der Waals surface area contributed by atoms with Gasteiger partial charge >= 0.3 is 0 Å². The molecule has 0 saturated carbocycles. The zero-order chi connectivity index (χ0) is 26.4. The third-order valence-corrected chi connectivity index (χ3v) is 6.81. The number of ether oxygens (including phenoxy) is 3. The number of aliphatic hydroxyl groups excluding tert-OH is 1. The average molecular weight is 509 g/mol. The molecule has 1 N–H and O–H groups in total. The van der Waals surface area contributed by atoms with Crippen molar-refractivity contribution in [3.8, 4) is 11.5 Å². The molecule has 2 aromatic rings. The van der Waals surface area contributed by atoms with E-state index in [1.807, 2.05) is 32.0 Å². The number of carbonyl (C=O) groups is 2. The van der Waals surface area contributed by atoms with Crippen molar-refractivity contribution < 1.29 is 28.9 Å². The minimum Gasteiger partial charge on any atom is -0.507 e. The molecular formula is C29H36N2O6. The molecule has 0 bridgehead atoms. The molecule has 0 unspecified atom stereocenters. The number of nitrogens with zero attached hydrogens (tertiary/aromatic N) is 2. The number of morpholine rings is 1. The van der Waals surface area contributed by atoms with Crippen molar-refractivity contribution >= 4 is 17.4 Å². The maximum atomic E-state index is 13.3.